The van der Waals surface area contributed by atoms with E-state index in [0.717, 1.165) is 19.3 Å². The normalized spacial score (nSPS) is 27.8. The van der Waals surface area contributed by atoms with Crippen LogP contribution in [0.5, 0.6) is 0 Å². The third-order valence-corrected chi connectivity index (χ3v) is 5.04. The summed E-state index contributed by atoms with van der Waals surface area (Å²) < 4.78 is 5.11. The Labute approximate surface area is 126 Å². The number of ether oxygens (including phenoxy) is 1. The minimum absolute atomic E-state index is 0.0218. The van der Waals surface area contributed by atoms with Crippen LogP contribution in [0.2, 0.25) is 0 Å². The van der Waals surface area contributed by atoms with Crippen molar-refractivity contribution in [3.63, 3.8) is 0 Å². The lowest BCUT2D eigenvalue weighted by Crippen LogP contribution is -2.53. The van der Waals surface area contributed by atoms with Crippen molar-refractivity contribution in [3.05, 3.63) is 0 Å². The Bertz CT molecular complexity index is 457. The summed E-state index contributed by atoms with van der Waals surface area (Å²) in [7, 11) is 0. The lowest BCUT2D eigenvalue weighted by Gasteiger charge is -2.35. The van der Waals surface area contributed by atoms with E-state index in [4.69, 9.17) is 4.74 Å². The molecule has 0 aromatic rings. The maximum atomic E-state index is 12.6. The highest BCUT2D eigenvalue weighted by Crippen LogP contribution is 2.43. The Kier molecular flexibility index (Phi) is 4.40. The van der Waals surface area contributed by atoms with Crippen LogP contribution in [0.4, 0.5) is 0 Å². The first kappa shape index (κ1) is 16.0. The fourth-order valence-corrected chi connectivity index (χ4v) is 3.38. The SMILES string of the molecule is CCOC(=O)[C@@H]1[C@@H]2CC[C@@H](C2)N1C(=O)C(=O)C(C)(C)CC. The maximum absolute atomic E-state index is 12.6. The average molecular weight is 295 g/mol. The number of esters is 1. The second-order valence-corrected chi connectivity index (χ2v) is 6.70. The minimum atomic E-state index is -0.682. The number of fused-ring (bicyclic) bond motifs is 2. The monoisotopic (exact) mass is 295 g/mol. The van der Waals surface area contributed by atoms with E-state index >= 15 is 0 Å². The van der Waals surface area contributed by atoms with E-state index in [0.29, 0.717) is 13.0 Å². The number of amides is 1. The number of piperidine rings is 1. The number of Topliss-reactive ketones (excluding diaryl/α,β-unsaturated/α-hetero) is 1. The number of rotatable bonds is 5. The molecule has 2 rings (SSSR count). The highest BCUT2D eigenvalue weighted by atomic mass is 16.5. The Hall–Kier alpha value is -1.39. The first-order valence-corrected chi connectivity index (χ1v) is 7.87. The van der Waals surface area contributed by atoms with Gasteiger partial charge in [0, 0.05) is 11.5 Å². The standard InChI is InChI=1S/C16H25NO4/c1-5-16(3,4)13(18)14(19)17-11-8-7-10(9-11)12(17)15(20)21-6-2/h10-12H,5-9H2,1-4H3/t10-,11+,12+/m1/s1. The zero-order chi connectivity index (χ0) is 15.8. The number of nitrogens with zero attached hydrogens (tertiary/aromatic N) is 1. The van der Waals surface area contributed by atoms with Gasteiger partial charge >= 0.3 is 5.97 Å². The van der Waals surface area contributed by atoms with Gasteiger partial charge in [0.1, 0.15) is 6.04 Å². The van der Waals surface area contributed by atoms with Crippen LogP contribution in [0, 0.1) is 11.3 Å². The molecule has 1 saturated carbocycles. The number of carbonyl (C=O) groups is 3. The Balaban J connectivity index is 2.22. The molecule has 2 bridgehead atoms. The van der Waals surface area contributed by atoms with Gasteiger partial charge in [0.25, 0.3) is 5.91 Å². The van der Waals surface area contributed by atoms with Crippen molar-refractivity contribution in [2.75, 3.05) is 6.61 Å². The van der Waals surface area contributed by atoms with Crippen LogP contribution in [0.1, 0.15) is 53.4 Å². The third-order valence-electron chi connectivity index (χ3n) is 5.04. The van der Waals surface area contributed by atoms with Gasteiger partial charge in [0.15, 0.2) is 0 Å². The minimum Gasteiger partial charge on any atom is -0.464 e. The summed E-state index contributed by atoms with van der Waals surface area (Å²) in [6.45, 7) is 7.50. The van der Waals surface area contributed by atoms with E-state index in [-0.39, 0.29) is 17.9 Å². The molecule has 1 aliphatic heterocycles. The topological polar surface area (TPSA) is 63.7 Å². The lowest BCUT2D eigenvalue weighted by molar-refractivity contribution is -0.161. The summed E-state index contributed by atoms with van der Waals surface area (Å²) in [5, 5.41) is 0. The summed E-state index contributed by atoms with van der Waals surface area (Å²) in [5.74, 6) is -1.12. The molecule has 0 unspecified atom stereocenters. The Morgan fingerprint density at radius 3 is 2.43 bits per heavy atom. The van der Waals surface area contributed by atoms with Gasteiger partial charge in [-0.15, -0.1) is 0 Å². The molecule has 1 aliphatic carbocycles. The van der Waals surface area contributed by atoms with Crippen LogP contribution < -0.4 is 0 Å². The molecule has 2 aliphatic rings. The van der Waals surface area contributed by atoms with E-state index in [1.165, 1.54) is 4.90 Å². The number of carbonyl (C=O) groups excluding carboxylic acids is 3. The van der Waals surface area contributed by atoms with Crippen molar-refractivity contribution in [2.24, 2.45) is 11.3 Å². The van der Waals surface area contributed by atoms with E-state index in [2.05, 4.69) is 0 Å². The summed E-state index contributed by atoms with van der Waals surface area (Å²) >= 11 is 0. The lowest BCUT2D eigenvalue weighted by atomic mass is 9.84. The fourth-order valence-electron chi connectivity index (χ4n) is 3.38. The third kappa shape index (κ3) is 2.70. The van der Waals surface area contributed by atoms with Crippen molar-refractivity contribution in [3.8, 4) is 0 Å². The predicted octanol–water partition coefficient (Wildman–Crippen LogP) is 1.93. The van der Waals surface area contributed by atoms with Gasteiger partial charge in [0.2, 0.25) is 5.78 Å². The van der Waals surface area contributed by atoms with Gasteiger partial charge in [0.05, 0.1) is 6.61 Å². The van der Waals surface area contributed by atoms with Crippen molar-refractivity contribution < 1.29 is 19.1 Å². The molecule has 0 aromatic carbocycles. The molecular formula is C16H25NO4. The van der Waals surface area contributed by atoms with E-state index in [1.54, 1.807) is 20.8 Å². The highest BCUT2D eigenvalue weighted by Gasteiger charge is 2.54. The molecule has 3 atom stereocenters. The largest absolute Gasteiger partial charge is 0.464 e. The fraction of sp³-hybridized carbons (Fsp3) is 0.812. The van der Waals surface area contributed by atoms with Crippen molar-refractivity contribution >= 4 is 17.7 Å². The van der Waals surface area contributed by atoms with Crippen molar-refractivity contribution in [2.45, 2.75) is 65.5 Å². The number of hydrogen-bond acceptors (Lipinski definition) is 4. The smallest absolute Gasteiger partial charge is 0.329 e. The van der Waals surface area contributed by atoms with Gasteiger partial charge in [-0.25, -0.2) is 4.79 Å². The molecular weight excluding hydrogens is 270 g/mol. The van der Waals surface area contributed by atoms with Crippen LogP contribution in [0.25, 0.3) is 0 Å². The van der Waals surface area contributed by atoms with E-state index in [9.17, 15) is 14.4 Å². The predicted molar refractivity (Wildman–Crippen MR) is 77.5 cm³/mol. The average Bonchev–Trinajstić information content (AvgIpc) is 3.06. The quantitative estimate of drug-likeness (QED) is 0.574. The molecule has 5 nitrogen and oxygen atoms in total. The van der Waals surface area contributed by atoms with Crippen LogP contribution >= 0.6 is 0 Å². The Morgan fingerprint density at radius 1 is 1.19 bits per heavy atom. The van der Waals surface area contributed by atoms with Gasteiger partial charge in [-0.1, -0.05) is 20.8 Å². The molecule has 1 saturated heterocycles. The maximum Gasteiger partial charge on any atom is 0.329 e. The summed E-state index contributed by atoms with van der Waals surface area (Å²) in [6, 6.07) is -0.540. The number of hydrogen-bond donors (Lipinski definition) is 0. The molecule has 0 spiro atoms. The summed E-state index contributed by atoms with van der Waals surface area (Å²) in [4.78, 5) is 38.8. The van der Waals surface area contributed by atoms with Crippen LogP contribution in [0.15, 0.2) is 0 Å². The molecule has 1 amide bonds. The van der Waals surface area contributed by atoms with Gasteiger partial charge in [-0.3, -0.25) is 9.59 Å². The zero-order valence-corrected chi connectivity index (χ0v) is 13.3. The van der Waals surface area contributed by atoms with Crippen molar-refractivity contribution in [1.82, 2.24) is 4.90 Å². The molecule has 21 heavy (non-hydrogen) atoms. The van der Waals surface area contributed by atoms with Gasteiger partial charge in [-0.05, 0) is 38.5 Å². The highest BCUT2D eigenvalue weighted by molar-refractivity contribution is 6.38. The second kappa shape index (κ2) is 5.78. The Morgan fingerprint density at radius 2 is 1.86 bits per heavy atom. The van der Waals surface area contributed by atoms with Crippen LogP contribution in [0.3, 0.4) is 0 Å². The van der Waals surface area contributed by atoms with Crippen LogP contribution in [-0.4, -0.2) is 41.3 Å². The van der Waals surface area contributed by atoms with E-state index in [1.807, 2.05) is 6.92 Å². The molecule has 2 fully saturated rings. The van der Waals surface area contributed by atoms with Crippen LogP contribution in [-0.2, 0) is 19.1 Å². The molecule has 1 heterocycles. The molecule has 0 aromatic heterocycles. The molecule has 0 N–H and O–H groups in total. The first-order chi connectivity index (χ1) is 9.83. The molecule has 118 valence electrons. The summed E-state index contributed by atoms with van der Waals surface area (Å²) in [6.07, 6.45) is 3.23. The van der Waals surface area contributed by atoms with Crippen molar-refractivity contribution in [1.29, 1.82) is 0 Å². The van der Waals surface area contributed by atoms with Gasteiger partial charge < -0.3 is 9.64 Å². The first-order valence-electron chi connectivity index (χ1n) is 7.87. The molecule has 0 radical (unpaired) electrons. The van der Waals surface area contributed by atoms with Gasteiger partial charge in [-0.2, -0.15) is 0 Å². The van der Waals surface area contributed by atoms with E-state index < -0.39 is 23.1 Å². The zero-order valence-electron chi connectivity index (χ0n) is 13.3. The number of likely N-dealkylation sites (tertiary alicyclic amines) is 1. The number of ketones is 1. The second-order valence-electron chi connectivity index (χ2n) is 6.70. The molecule has 5 heteroatoms. The summed E-state index contributed by atoms with van der Waals surface area (Å²) in [5.41, 5.74) is -0.682.